The van der Waals surface area contributed by atoms with E-state index in [1.165, 1.54) is 0 Å². The van der Waals surface area contributed by atoms with Crippen molar-refractivity contribution in [1.29, 1.82) is 0 Å². The van der Waals surface area contributed by atoms with E-state index < -0.39 is 23.7 Å². The number of benzene rings is 2. The Balaban J connectivity index is 2.43. The molecule has 6 heteroatoms. The van der Waals surface area contributed by atoms with Crippen LogP contribution in [-0.4, -0.2) is 5.11 Å². The van der Waals surface area contributed by atoms with Gasteiger partial charge in [0.05, 0.1) is 5.56 Å². The second-order valence-electron chi connectivity index (χ2n) is 4.64. The molecule has 1 atom stereocenters. The summed E-state index contributed by atoms with van der Waals surface area (Å²) in [5.74, 6) is -1.40. The quantitative estimate of drug-likeness (QED) is 0.745. The fourth-order valence-corrected chi connectivity index (χ4v) is 2.40. The Labute approximate surface area is 127 Å². The molecule has 0 saturated carbocycles. The van der Waals surface area contributed by atoms with E-state index >= 15 is 0 Å². The summed E-state index contributed by atoms with van der Waals surface area (Å²) in [4.78, 5) is 0. The van der Waals surface area contributed by atoms with Gasteiger partial charge >= 0.3 is 6.18 Å². The van der Waals surface area contributed by atoms with Gasteiger partial charge < -0.3 is 5.11 Å². The maximum absolute atomic E-state index is 13.6. The first-order valence-corrected chi connectivity index (χ1v) is 6.80. The van der Waals surface area contributed by atoms with Gasteiger partial charge in [0, 0.05) is 4.47 Å². The molecule has 0 amide bonds. The molecule has 0 aliphatic rings. The molecule has 0 aliphatic carbocycles. The van der Waals surface area contributed by atoms with Crippen molar-refractivity contribution >= 4 is 15.9 Å². The molecule has 0 saturated heterocycles. The van der Waals surface area contributed by atoms with Crippen LogP contribution in [0.1, 0.15) is 28.4 Å². The molecule has 0 bridgehead atoms. The summed E-state index contributed by atoms with van der Waals surface area (Å²) >= 11 is 3.26. The molecule has 0 radical (unpaired) electrons. The standard InChI is InChI=1S/C15H11BrF4O/c1-8-2-4-10(16)7-11(8)14(21)9-3-5-12(13(17)6-9)15(18,19)20/h2-7,14,21H,1H3. The van der Waals surface area contributed by atoms with E-state index in [2.05, 4.69) is 15.9 Å². The molecular weight excluding hydrogens is 352 g/mol. The number of halogens is 5. The number of rotatable bonds is 2. The molecule has 1 N–H and O–H groups in total. The zero-order valence-corrected chi connectivity index (χ0v) is 12.5. The maximum Gasteiger partial charge on any atom is 0.419 e. The third-order valence-electron chi connectivity index (χ3n) is 3.15. The van der Waals surface area contributed by atoms with Crippen molar-refractivity contribution in [3.63, 3.8) is 0 Å². The molecule has 2 aromatic rings. The average Bonchev–Trinajstić information content (AvgIpc) is 2.39. The van der Waals surface area contributed by atoms with Crippen LogP contribution in [-0.2, 0) is 6.18 Å². The van der Waals surface area contributed by atoms with Crippen LogP contribution in [0.15, 0.2) is 40.9 Å². The van der Waals surface area contributed by atoms with E-state index in [-0.39, 0.29) is 5.56 Å². The average molecular weight is 363 g/mol. The number of hydrogen-bond donors (Lipinski definition) is 1. The number of aliphatic hydroxyl groups is 1. The number of hydrogen-bond acceptors (Lipinski definition) is 1. The van der Waals surface area contributed by atoms with Crippen molar-refractivity contribution in [3.05, 3.63) is 68.9 Å². The normalized spacial score (nSPS) is 13.3. The van der Waals surface area contributed by atoms with Gasteiger partial charge in [0.15, 0.2) is 0 Å². The lowest BCUT2D eigenvalue weighted by Gasteiger charge is -2.16. The van der Waals surface area contributed by atoms with Gasteiger partial charge in [-0.2, -0.15) is 13.2 Å². The van der Waals surface area contributed by atoms with Crippen LogP contribution in [0.5, 0.6) is 0 Å². The molecule has 0 aromatic heterocycles. The highest BCUT2D eigenvalue weighted by atomic mass is 79.9. The first kappa shape index (κ1) is 16.0. The summed E-state index contributed by atoms with van der Waals surface area (Å²) < 4.78 is 51.8. The van der Waals surface area contributed by atoms with Crippen molar-refractivity contribution in [2.45, 2.75) is 19.2 Å². The topological polar surface area (TPSA) is 20.2 Å². The predicted octanol–water partition coefficient (Wildman–Crippen LogP) is 5.00. The number of aryl methyl sites for hydroxylation is 1. The lowest BCUT2D eigenvalue weighted by Crippen LogP contribution is -2.10. The Morgan fingerprint density at radius 3 is 2.33 bits per heavy atom. The van der Waals surface area contributed by atoms with Crippen LogP contribution in [0.3, 0.4) is 0 Å². The van der Waals surface area contributed by atoms with E-state index in [0.717, 1.165) is 16.1 Å². The zero-order chi connectivity index (χ0) is 15.8. The van der Waals surface area contributed by atoms with E-state index in [4.69, 9.17) is 0 Å². The van der Waals surface area contributed by atoms with Crippen molar-refractivity contribution < 1.29 is 22.7 Å². The molecule has 2 rings (SSSR count). The minimum atomic E-state index is -4.75. The Morgan fingerprint density at radius 2 is 1.76 bits per heavy atom. The fraction of sp³-hybridized carbons (Fsp3) is 0.200. The predicted molar refractivity (Wildman–Crippen MR) is 74.3 cm³/mol. The van der Waals surface area contributed by atoms with Crippen molar-refractivity contribution in [1.82, 2.24) is 0 Å². The first-order chi connectivity index (χ1) is 9.70. The molecule has 21 heavy (non-hydrogen) atoms. The summed E-state index contributed by atoms with van der Waals surface area (Å²) in [5.41, 5.74) is -0.0133. The van der Waals surface area contributed by atoms with Crippen molar-refractivity contribution in [2.24, 2.45) is 0 Å². The van der Waals surface area contributed by atoms with Gasteiger partial charge in [0.25, 0.3) is 0 Å². The largest absolute Gasteiger partial charge is 0.419 e. The highest BCUT2D eigenvalue weighted by Crippen LogP contribution is 2.34. The van der Waals surface area contributed by atoms with Gasteiger partial charge in [-0.3, -0.25) is 0 Å². The highest BCUT2D eigenvalue weighted by Gasteiger charge is 2.34. The third kappa shape index (κ3) is 3.44. The monoisotopic (exact) mass is 362 g/mol. The number of aliphatic hydroxyl groups excluding tert-OH is 1. The smallest absolute Gasteiger partial charge is 0.384 e. The summed E-state index contributed by atoms with van der Waals surface area (Å²) in [6.07, 6.45) is -5.95. The minimum absolute atomic E-state index is 0.0710. The van der Waals surface area contributed by atoms with Crippen LogP contribution >= 0.6 is 15.9 Å². The van der Waals surface area contributed by atoms with E-state index in [1.807, 2.05) is 0 Å². The third-order valence-corrected chi connectivity index (χ3v) is 3.64. The van der Waals surface area contributed by atoms with Crippen LogP contribution in [0.2, 0.25) is 0 Å². The Hall–Kier alpha value is -1.40. The second-order valence-corrected chi connectivity index (χ2v) is 5.56. The summed E-state index contributed by atoms with van der Waals surface area (Å²) in [6.45, 7) is 1.76. The molecule has 0 aliphatic heterocycles. The van der Waals surface area contributed by atoms with Gasteiger partial charge in [-0.1, -0.05) is 28.1 Å². The molecule has 0 fully saturated rings. The van der Waals surface area contributed by atoms with Gasteiger partial charge in [-0.25, -0.2) is 4.39 Å². The SMILES string of the molecule is Cc1ccc(Br)cc1C(O)c1ccc(C(F)(F)F)c(F)c1. The van der Waals surface area contributed by atoms with Gasteiger partial charge in [-0.05, 0) is 47.9 Å². The molecular formula is C15H11BrF4O. The summed E-state index contributed by atoms with van der Waals surface area (Å²) in [7, 11) is 0. The fourth-order valence-electron chi connectivity index (χ4n) is 2.02. The van der Waals surface area contributed by atoms with Gasteiger partial charge in [0.2, 0.25) is 0 Å². The molecule has 0 spiro atoms. The van der Waals surface area contributed by atoms with Crippen LogP contribution in [0, 0.1) is 12.7 Å². The summed E-state index contributed by atoms with van der Waals surface area (Å²) in [6, 6.07) is 7.61. The van der Waals surface area contributed by atoms with E-state index in [0.29, 0.717) is 17.7 Å². The molecule has 1 unspecified atom stereocenters. The zero-order valence-electron chi connectivity index (χ0n) is 10.9. The van der Waals surface area contributed by atoms with Crippen molar-refractivity contribution in [3.8, 4) is 0 Å². The Kier molecular flexibility index (Phi) is 4.39. The maximum atomic E-state index is 13.6. The minimum Gasteiger partial charge on any atom is -0.384 e. The molecule has 0 heterocycles. The first-order valence-electron chi connectivity index (χ1n) is 6.01. The summed E-state index contributed by atoms with van der Waals surface area (Å²) in [5, 5.41) is 10.2. The molecule has 2 aromatic carbocycles. The van der Waals surface area contributed by atoms with Gasteiger partial charge in [0.1, 0.15) is 11.9 Å². The molecule has 112 valence electrons. The second kappa shape index (κ2) is 5.77. The van der Waals surface area contributed by atoms with E-state index in [1.54, 1.807) is 25.1 Å². The molecule has 1 nitrogen and oxygen atoms in total. The van der Waals surface area contributed by atoms with Crippen molar-refractivity contribution in [2.75, 3.05) is 0 Å². The van der Waals surface area contributed by atoms with Gasteiger partial charge in [-0.15, -0.1) is 0 Å². The highest BCUT2D eigenvalue weighted by molar-refractivity contribution is 9.10. The van der Waals surface area contributed by atoms with Crippen LogP contribution in [0.4, 0.5) is 17.6 Å². The van der Waals surface area contributed by atoms with Crippen LogP contribution in [0.25, 0.3) is 0 Å². The van der Waals surface area contributed by atoms with E-state index in [9.17, 15) is 22.7 Å². The Bertz CT molecular complexity index is 667. The Morgan fingerprint density at radius 1 is 1.10 bits per heavy atom. The lowest BCUT2D eigenvalue weighted by molar-refractivity contribution is -0.140. The number of alkyl halides is 3. The lowest BCUT2D eigenvalue weighted by atomic mass is 9.96. The van der Waals surface area contributed by atoms with Crippen LogP contribution < -0.4 is 0 Å².